The number of halogens is 2. The Kier molecular flexibility index (Phi) is 2.45. The number of ether oxygens (including phenoxy) is 2. The maximum absolute atomic E-state index is 12.1. The van der Waals surface area contributed by atoms with E-state index in [-0.39, 0.29) is 11.4 Å². The first-order chi connectivity index (χ1) is 8.17. The van der Waals surface area contributed by atoms with Crippen molar-refractivity contribution in [3.05, 3.63) is 23.8 Å². The van der Waals surface area contributed by atoms with Crippen molar-refractivity contribution in [3.63, 3.8) is 0 Å². The van der Waals surface area contributed by atoms with Gasteiger partial charge in [-0.15, -0.1) is 0 Å². The summed E-state index contributed by atoms with van der Waals surface area (Å²) < 4.78 is 34.6. The summed E-state index contributed by atoms with van der Waals surface area (Å²) in [7, 11) is 0. The van der Waals surface area contributed by atoms with Gasteiger partial charge in [0.15, 0.2) is 0 Å². The molecule has 1 spiro atoms. The van der Waals surface area contributed by atoms with Gasteiger partial charge < -0.3 is 9.47 Å². The molecule has 3 rings (SSSR count). The number of fused-ring (bicyclic) bond motifs is 1. The lowest BCUT2D eigenvalue weighted by atomic mass is 9.74. The Labute approximate surface area is 98.5 Å². The molecule has 1 aromatic rings. The van der Waals surface area contributed by atoms with Gasteiger partial charge in [-0.2, -0.15) is 8.78 Å². The van der Waals surface area contributed by atoms with Crippen LogP contribution in [0.5, 0.6) is 11.5 Å². The molecule has 1 aliphatic heterocycles. The minimum absolute atomic E-state index is 0.0174. The van der Waals surface area contributed by atoms with Crippen molar-refractivity contribution >= 4 is 0 Å². The Bertz CT molecular complexity index is 427. The standard InChI is InChI=1S/C13H14F2O2/c14-12(15)16-10-3-2-9-4-7-13(5-1-6-13)17-11(9)8-10/h2-3,8,12H,1,4-7H2. The van der Waals surface area contributed by atoms with Gasteiger partial charge in [0.2, 0.25) is 0 Å². The SMILES string of the molecule is FC(F)Oc1ccc2c(c1)OC1(CCC1)CC2. The molecular formula is C13H14F2O2. The summed E-state index contributed by atoms with van der Waals surface area (Å²) in [5.74, 6) is 0.893. The van der Waals surface area contributed by atoms with Crippen molar-refractivity contribution in [1.29, 1.82) is 0 Å². The summed E-state index contributed by atoms with van der Waals surface area (Å²) in [5.41, 5.74) is 1.07. The van der Waals surface area contributed by atoms with Crippen LogP contribution in [0.25, 0.3) is 0 Å². The summed E-state index contributed by atoms with van der Waals surface area (Å²) >= 11 is 0. The summed E-state index contributed by atoms with van der Waals surface area (Å²) in [6.07, 6.45) is 5.35. The second-order valence-electron chi connectivity index (χ2n) is 4.79. The van der Waals surface area contributed by atoms with Gasteiger partial charge in [0.1, 0.15) is 17.1 Å². The monoisotopic (exact) mass is 240 g/mol. The van der Waals surface area contributed by atoms with Crippen LogP contribution in [0.4, 0.5) is 8.78 Å². The molecule has 1 aliphatic carbocycles. The van der Waals surface area contributed by atoms with E-state index in [4.69, 9.17) is 4.74 Å². The van der Waals surface area contributed by atoms with E-state index in [1.165, 1.54) is 6.42 Å². The van der Waals surface area contributed by atoms with Gasteiger partial charge in [-0.3, -0.25) is 0 Å². The minimum Gasteiger partial charge on any atom is -0.487 e. The second kappa shape index (κ2) is 3.86. The maximum atomic E-state index is 12.1. The zero-order valence-electron chi connectivity index (χ0n) is 9.42. The van der Waals surface area contributed by atoms with Crippen molar-refractivity contribution in [3.8, 4) is 11.5 Å². The fraction of sp³-hybridized carbons (Fsp3) is 0.538. The molecule has 1 aromatic carbocycles. The highest BCUT2D eigenvalue weighted by molar-refractivity contribution is 5.43. The van der Waals surface area contributed by atoms with E-state index in [1.807, 2.05) is 6.07 Å². The Morgan fingerprint density at radius 1 is 1.24 bits per heavy atom. The van der Waals surface area contributed by atoms with Gasteiger partial charge >= 0.3 is 6.61 Å². The molecule has 2 nitrogen and oxygen atoms in total. The first-order valence-corrected chi connectivity index (χ1v) is 5.94. The van der Waals surface area contributed by atoms with E-state index in [0.717, 1.165) is 31.2 Å². The predicted octanol–water partition coefficient (Wildman–Crippen LogP) is 3.54. The van der Waals surface area contributed by atoms with E-state index in [9.17, 15) is 8.78 Å². The zero-order chi connectivity index (χ0) is 11.9. The van der Waals surface area contributed by atoms with Gasteiger partial charge in [0.25, 0.3) is 0 Å². The first kappa shape index (κ1) is 10.8. The Balaban J connectivity index is 1.84. The molecule has 0 unspecified atom stereocenters. The molecule has 0 atom stereocenters. The maximum Gasteiger partial charge on any atom is 0.387 e. The van der Waals surface area contributed by atoms with Gasteiger partial charge in [-0.25, -0.2) is 0 Å². The third-order valence-corrected chi connectivity index (χ3v) is 3.70. The number of hydrogen-bond donors (Lipinski definition) is 0. The molecule has 17 heavy (non-hydrogen) atoms. The van der Waals surface area contributed by atoms with Gasteiger partial charge in [0.05, 0.1) is 0 Å². The number of benzene rings is 1. The predicted molar refractivity (Wildman–Crippen MR) is 58.6 cm³/mol. The molecule has 2 aliphatic rings. The highest BCUT2D eigenvalue weighted by Crippen LogP contribution is 2.45. The molecule has 0 radical (unpaired) electrons. The van der Waals surface area contributed by atoms with E-state index in [1.54, 1.807) is 12.1 Å². The first-order valence-electron chi connectivity index (χ1n) is 5.94. The third-order valence-electron chi connectivity index (χ3n) is 3.70. The largest absolute Gasteiger partial charge is 0.487 e. The Morgan fingerprint density at radius 2 is 2.06 bits per heavy atom. The van der Waals surface area contributed by atoms with Crippen LogP contribution in [-0.2, 0) is 6.42 Å². The quantitative estimate of drug-likeness (QED) is 0.787. The van der Waals surface area contributed by atoms with Gasteiger partial charge in [-0.1, -0.05) is 6.07 Å². The molecule has 0 aromatic heterocycles. The van der Waals surface area contributed by atoms with Crippen LogP contribution < -0.4 is 9.47 Å². The van der Waals surface area contributed by atoms with Gasteiger partial charge in [-0.05, 0) is 43.7 Å². The lowest BCUT2D eigenvalue weighted by Crippen LogP contribution is -2.45. The second-order valence-corrected chi connectivity index (χ2v) is 4.79. The molecule has 1 saturated carbocycles. The van der Waals surface area contributed by atoms with Crippen LogP contribution in [0.1, 0.15) is 31.2 Å². The van der Waals surface area contributed by atoms with E-state index in [0.29, 0.717) is 5.75 Å². The molecule has 0 saturated heterocycles. The van der Waals surface area contributed by atoms with Crippen LogP contribution in [0.3, 0.4) is 0 Å². The topological polar surface area (TPSA) is 18.5 Å². The number of hydrogen-bond acceptors (Lipinski definition) is 2. The number of aryl methyl sites for hydroxylation is 1. The van der Waals surface area contributed by atoms with Crippen LogP contribution in [-0.4, -0.2) is 12.2 Å². The molecule has 1 heterocycles. The van der Waals surface area contributed by atoms with Crippen LogP contribution in [0, 0.1) is 0 Å². The number of rotatable bonds is 2. The molecule has 4 heteroatoms. The van der Waals surface area contributed by atoms with E-state index < -0.39 is 6.61 Å². The third kappa shape index (κ3) is 1.96. The average molecular weight is 240 g/mol. The van der Waals surface area contributed by atoms with Crippen LogP contribution in [0.15, 0.2) is 18.2 Å². The average Bonchev–Trinajstić information content (AvgIpc) is 2.25. The van der Waals surface area contributed by atoms with Crippen molar-refractivity contribution in [2.45, 2.75) is 44.3 Å². The Hall–Kier alpha value is -1.32. The molecule has 0 amide bonds. The van der Waals surface area contributed by atoms with Crippen molar-refractivity contribution in [2.75, 3.05) is 0 Å². The normalized spacial score (nSPS) is 20.6. The highest BCUT2D eigenvalue weighted by atomic mass is 19.3. The summed E-state index contributed by atoms with van der Waals surface area (Å²) in [5, 5.41) is 0. The molecule has 0 bridgehead atoms. The summed E-state index contributed by atoms with van der Waals surface area (Å²) in [6.45, 7) is -2.78. The zero-order valence-corrected chi connectivity index (χ0v) is 9.42. The molecular weight excluding hydrogens is 226 g/mol. The summed E-state index contributed by atoms with van der Waals surface area (Å²) in [6, 6.07) is 4.98. The minimum atomic E-state index is -2.78. The van der Waals surface area contributed by atoms with E-state index >= 15 is 0 Å². The smallest absolute Gasteiger partial charge is 0.387 e. The van der Waals surface area contributed by atoms with E-state index in [2.05, 4.69) is 4.74 Å². The number of alkyl halides is 2. The van der Waals surface area contributed by atoms with Crippen molar-refractivity contribution in [1.82, 2.24) is 0 Å². The highest BCUT2D eigenvalue weighted by Gasteiger charge is 2.41. The van der Waals surface area contributed by atoms with Crippen molar-refractivity contribution < 1.29 is 18.3 Å². The lowest BCUT2D eigenvalue weighted by molar-refractivity contribution is -0.0510. The summed E-state index contributed by atoms with van der Waals surface area (Å²) in [4.78, 5) is 0. The molecule has 0 N–H and O–H groups in total. The molecule has 92 valence electrons. The van der Waals surface area contributed by atoms with Gasteiger partial charge in [0, 0.05) is 6.07 Å². The fourth-order valence-corrected chi connectivity index (χ4v) is 2.58. The molecule has 1 fully saturated rings. The Morgan fingerprint density at radius 3 is 2.71 bits per heavy atom. The lowest BCUT2D eigenvalue weighted by Gasteiger charge is -2.45. The van der Waals surface area contributed by atoms with Crippen molar-refractivity contribution in [2.24, 2.45) is 0 Å². The van der Waals surface area contributed by atoms with Crippen LogP contribution >= 0.6 is 0 Å². The fourth-order valence-electron chi connectivity index (χ4n) is 2.58. The van der Waals surface area contributed by atoms with Crippen LogP contribution in [0.2, 0.25) is 0 Å².